The summed E-state index contributed by atoms with van der Waals surface area (Å²) in [4.78, 5) is 13.7. The number of aromatic hydroxyl groups is 1. The Labute approximate surface area is 102 Å². The summed E-state index contributed by atoms with van der Waals surface area (Å²) in [6, 6.07) is 6.90. The number of nitrogens with one attached hydrogen (secondary N) is 1. The highest BCUT2D eigenvalue weighted by Gasteiger charge is 2.06. The molecule has 0 fully saturated rings. The maximum atomic E-state index is 11.6. The molecule has 0 aromatic heterocycles. The number of para-hydroxylation sites is 1. The monoisotopic (exact) mass is 236 g/mol. The van der Waals surface area contributed by atoms with Gasteiger partial charge in [-0.25, -0.2) is 0 Å². The van der Waals surface area contributed by atoms with E-state index >= 15 is 0 Å². The van der Waals surface area contributed by atoms with Gasteiger partial charge in [-0.3, -0.25) is 4.79 Å². The van der Waals surface area contributed by atoms with E-state index in [-0.39, 0.29) is 18.1 Å². The zero-order valence-corrected chi connectivity index (χ0v) is 10.4. The number of hydrogen-bond acceptors (Lipinski definition) is 3. The first-order chi connectivity index (χ1) is 8.13. The number of benzene rings is 1. The van der Waals surface area contributed by atoms with E-state index in [1.54, 1.807) is 18.2 Å². The van der Waals surface area contributed by atoms with Crippen molar-refractivity contribution in [1.82, 2.24) is 10.2 Å². The molecule has 0 unspecified atom stereocenters. The second-order valence-corrected chi connectivity index (χ2v) is 4.05. The first kappa shape index (κ1) is 13.5. The molecule has 1 amide bonds. The van der Waals surface area contributed by atoms with E-state index in [0.29, 0.717) is 12.1 Å². The van der Waals surface area contributed by atoms with Crippen molar-refractivity contribution in [3.8, 4) is 5.75 Å². The highest BCUT2D eigenvalue weighted by molar-refractivity contribution is 5.79. The number of likely N-dealkylation sites (N-methyl/N-ethyl adjacent to an activating group) is 1. The van der Waals surface area contributed by atoms with Gasteiger partial charge in [0, 0.05) is 18.7 Å². The van der Waals surface area contributed by atoms with E-state index in [0.717, 1.165) is 13.1 Å². The molecule has 0 bridgehead atoms. The lowest BCUT2D eigenvalue weighted by atomic mass is 10.1. The van der Waals surface area contributed by atoms with Crippen LogP contribution in [0.1, 0.15) is 12.5 Å². The first-order valence-corrected chi connectivity index (χ1v) is 5.85. The highest BCUT2D eigenvalue weighted by atomic mass is 16.3. The Hall–Kier alpha value is -1.55. The molecule has 2 N–H and O–H groups in total. The van der Waals surface area contributed by atoms with Crippen molar-refractivity contribution in [3.63, 3.8) is 0 Å². The first-order valence-electron chi connectivity index (χ1n) is 5.85. The quantitative estimate of drug-likeness (QED) is 0.775. The van der Waals surface area contributed by atoms with Crippen LogP contribution in [0.4, 0.5) is 0 Å². The molecule has 0 aliphatic heterocycles. The van der Waals surface area contributed by atoms with Crippen LogP contribution < -0.4 is 5.32 Å². The Morgan fingerprint density at radius 2 is 2.12 bits per heavy atom. The van der Waals surface area contributed by atoms with E-state index in [2.05, 4.69) is 17.1 Å². The van der Waals surface area contributed by atoms with Crippen LogP contribution in [0.5, 0.6) is 5.75 Å². The molecule has 0 saturated carbocycles. The van der Waals surface area contributed by atoms with Gasteiger partial charge in [0.2, 0.25) is 5.91 Å². The van der Waals surface area contributed by atoms with Gasteiger partial charge < -0.3 is 15.3 Å². The van der Waals surface area contributed by atoms with Gasteiger partial charge in [0.1, 0.15) is 5.75 Å². The van der Waals surface area contributed by atoms with Gasteiger partial charge in [-0.15, -0.1) is 0 Å². The summed E-state index contributed by atoms with van der Waals surface area (Å²) in [5.74, 6) is 0.115. The molecule has 1 aromatic rings. The summed E-state index contributed by atoms with van der Waals surface area (Å²) < 4.78 is 0. The largest absolute Gasteiger partial charge is 0.508 e. The molecule has 0 heterocycles. The van der Waals surface area contributed by atoms with Crippen LogP contribution in [-0.4, -0.2) is 42.6 Å². The van der Waals surface area contributed by atoms with E-state index in [1.807, 2.05) is 13.1 Å². The molecule has 0 radical (unpaired) electrons. The SMILES string of the molecule is CCN(C)CCNC(=O)Cc1ccccc1O. The average molecular weight is 236 g/mol. The Kier molecular flexibility index (Phi) is 5.49. The molecule has 4 nitrogen and oxygen atoms in total. The smallest absolute Gasteiger partial charge is 0.224 e. The third-order valence-electron chi connectivity index (χ3n) is 2.70. The van der Waals surface area contributed by atoms with Gasteiger partial charge in [0.05, 0.1) is 6.42 Å². The molecule has 0 atom stereocenters. The van der Waals surface area contributed by atoms with Crippen LogP contribution in [0.25, 0.3) is 0 Å². The number of phenols is 1. The lowest BCUT2D eigenvalue weighted by Crippen LogP contribution is -2.33. The Bertz CT molecular complexity index is 366. The number of amides is 1. The summed E-state index contributed by atoms with van der Waals surface area (Å²) in [5, 5.41) is 12.4. The van der Waals surface area contributed by atoms with Gasteiger partial charge in [-0.05, 0) is 19.7 Å². The third kappa shape index (κ3) is 4.87. The predicted octanol–water partition coefficient (Wildman–Crippen LogP) is 1.00. The normalized spacial score (nSPS) is 10.5. The van der Waals surface area contributed by atoms with Gasteiger partial charge in [0.25, 0.3) is 0 Å². The summed E-state index contributed by atoms with van der Waals surface area (Å²) in [6.07, 6.45) is 0.225. The Morgan fingerprint density at radius 3 is 2.76 bits per heavy atom. The molecular weight excluding hydrogens is 216 g/mol. The number of nitrogens with zero attached hydrogens (tertiary/aromatic N) is 1. The molecule has 0 aliphatic carbocycles. The molecule has 1 rings (SSSR count). The molecule has 94 valence electrons. The standard InChI is InChI=1S/C13H20N2O2/c1-3-15(2)9-8-14-13(17)10-11-6-4-5-7-12(11)16/h4-7,16H,3,8-10H2,1-2H3,(H,14,17). The van der Waals surface area contributed by atoms with Gasteiger partial charge in [0.15, 0.2) is 0 Å². The van der Waals surface area contributed by atoms with Crippen LogP contribution in [-0.2, 0) is 11.2 Å². The van der Waals surface area contributed by atoms with Crippen molar-refractivity contribution in [2.24, 2.45) is 0 Å². The fourth-order valence-corrected chi connectivity index (χ4v) is 1.44. The number of hydrogen-bond donors (Lipinski definition) is 2. The fraction of sp³-hybridized carbons (Fsp3) is 0.462. The molecule has 0 saturated heterocycles. The molecular formula is C13H20N2O2. The number of carbonyl (C=O) groups excluding carboxylic acids is 1. The average Bonchev–Trinajstić information content (AvgIpc) is 2.32. The van der Waals surface area contributed by atoms with E-state index in [1.165, 1.54) is 0 Å². The van der Waals surface area contributed by atoms with Crippen molar-refractivity contribution in [2.75, 3.05) is 26.7 Å². The van der Waals surface area contributed by atoms with Gasteiger partial charge >= 0.3 is 0 Å². The van der Waals surface area contributed by atoms with Crippen molar-refractivity contribution in [2.45, 2.75) is 13.3 Å². The molecule has 1 aromatic carbocycles. The predicted molar refractivity (Wildman–Crippen MR) is 68.0 cm³/mol. The van der Waals surface area contributed by atoms with Crippen LogP contribution in [0.3, 0.4) is 0 Å². The second kappa shape index (κ2) is 6.91. The third-order valence-corrected chi connectivity index (χ3v) is 2.70. The zero-order valence-electron chi connectivity index (χ0n) is 10.4. The van der Waals surface area contributed by atoms with E-state index in [4.69, 9.17) is 0 Å². The lowest BCUT2D eigenvalue weighted by Gasteiger charge is -2.14. The number of carbonyl (C=O) groups is 1. The van der Waals surface area contributed by atoms with E-state index < -0.39 is 0 Å². The minimum Gasteiger partial charge on any atom is -0.508 e. The Balaban J connectivity index is 2.33. The molecule has 0 aliphatic rings. The Morgan fingerprint density at radius 1 is 1.41 bits per heavy atom. The van der Waals surface area contributed by atoms with Crippen LogP contribution >= 0.6 is 0 Å². The van der Waals surface area contributed by atoms with Crippen LogP contribution in [0.2, 0.25) is 0 Å². The summed E-state index contributed by atoms with van der Waals surface area (Å²) in [5.41, 5.74) is 0.661. The summed E-state index contributed by atoms with van der Waals surface area (Å²) in [7, 11) is 2.01. The number of rotatable bonds is 6. The van der Waals surface area contributed by atoms with Crippen molar-refractivity contribution in [1.29, 1.82) is 0 Å². The minimum atomic E-state index is -0.0593. The highest BCUT2D eigenvalue weighted by Crippen LogP contribution is 2.15. The van der Waals surface area contributed by atoms with Crippen molar-refractivity contribution < 1.29 is 9.90 Å². The molecule has 0 spiro atoms. The topological polar surface area (TPSA) is 52.6 Å². The van der Waals surface area contributed by atoms with Gasteiger partial charge in [-0.2, -0.15) is 0 Å². The molecule has 17 heavy (non-hydrogen) atoms. The van der Waals surface area contributed by atoms with Crippen LogP contribution in [0.15, 0.2) is 24.3 Å². The minimum absolute atomic E-state index is 0.0593. The van der Waals surface area contributed by atoms with Gasteiger partial charge in [-0.1, -0.05) is 25.1 Å². The fourth-order valence-electron chi connectivity index (χ4n) is 1.44. The van der Waals surface area contributed by atoms with Crippen molar-refractivity contribution >= 4 is 5.91 Å². The summed E-state index contributed by atoms with van der Waals surface area (Å²) >= 11 is 0. The van der Waals surface area contributed by atoms with E-state index in [9.17, 15) is 9.90 Å². The zero-order chi connectivity index (χ0) is 12.7. The maximum absolute atomic E-state index is 11.6. The molecule has 4 heteroatoms. The van der Waals surface area contributed by atoms with Crippen LogP contribution in [0, 0.1) is 0 Å². The second-order valence-electron chi connectivity index (χ2n) is 4.05. The maximum Gasteiger partial charge on any atom is 0.224 e. The van der Waals surface area contributed by atoms with Crippen molar-refractivity contribution in [3.05, 3.63) is 29.8 Å². The summed E-state index contributed by atoms with van der Waals surface area (Å²) in [6.45, 7) is 4.51. The number of phenolic OH excluding ortho intramolecular Hbond substituents is 1. The lowest BCUT2D eigenvalue weighted by molar-refractivity contribution is -0.120.